The van der Waals surface area contributed by atoms with E-state index in [-0.39, 0.29) is 11.5 Å². The molecule has 4 aliphatic rings. The van der Waals surface area contributed by atoms with Gasteiger partial charge in [-0.25, -0.2) is 0 Å². The summed E-state index contributed by atoms with van der Waals surface area (Å²) < 4.78 is 13.6. The van der Waals surface area contributed by atoms with Gasteiger partial charge in [-0.15, -0.1) is 0 Å². The molecule has 0 fully saturated rings. The SMILES string of the molecule is CC12OB(O)c3cccc4c3oc3c(cccc34)N(c3ccc4c(c3)C(C)(C)c3ccccc3-4)C3C=C1C(=CC3)c1ccccc12. The molecule has 0 saturated heterocycles. The highest BCUT2D eigenvalue weighted by atomic mass is 16.5. The Bertz CT molecular complexity index is 2360. The number of fused-ring (bicyclic) bond motifs is 8. The van der Waals surface area contributed by atoms with Crippen molar-refractivity contribution in [1.82, 2.24) is 0 Å². The Morgan fingerprint density at radius 1 is 0.739 bits per heavy atom. The van der Waals surface area contributed by atoms with E-state index in [0.717, 1.165) is 45.3 Å². The summed E-state index contributed by atoms with van der Waals surface area (Å²) in [6.07, 6.45) is 5.55. The molecule has 6 aromatic rings. The average Bonchev–Trinajstić information content (AvgIpc) is 3.66. The highest BCUT2D eigenvalue weighted by Gasteiger charge is 2.47. The van der Waals surface area contributed by atoms with Crippen molar-refractivity contribution in [1.29, 1.82) is 0 Å². The molecule has 1 aromatic heterocycles. The van der Waals surface area contributed by atoms with Crippen molar-refractivity contribution < 1.29 is 14.1 Å². The standard InChI is InChI=1S/C41H32BNO3/c1-40(2)32-14-6-4-10-26(32)28-20-18-24(22-34(28)40)43-25-19-21-29-27-11-5-7-15-33(27)41(3,35(29)23-25)46-42(44)36-16-8-12-30-31-13-9-17-37(43)39(31)45-38(30)36/h4-18,20-23,25,44H,19H2,1-3H3. The van der Waals surface area contributed by atoms with Crippen molar-refractivity contribution >= 4 is 51.5 Å². The molecule has 2 unspecified atom stereocenters. The second-order valence-electron chi connectivity index (χ2n) is 13.8. The van der Waals surface area contributed by atoms with E-state index in [1.165, 1.54) is 33.4 Å². The molecular weight excluding hydrogens is 565 g/mol. The predicted octanol–water partition coefficient (Wildman–Crippen LogP) is 8.76. The summed E-state index contributed by atoms with van der Waals surface area (Å²) in [6.45, 7) is 6.77. The molecular formula is C41H32BNO3. The maximum atomic E-state index is 11.8. The summed E-state index contributed by atoms with van der Waals surface area (Å²) in [7, 11) is -1.18. The van der Waals surface area contributed by atoms with Gasteiger partial charge in [-0.2, -0.15) is 0 Å². The number of hydrogen-bond acceptors (Lipinski definition) is 4. The van der Waals surface area contributed by atoms with Gasteiger partial charge >= 0.3 is 7.12 Å². The van der Waals surface area contributed by atoms with Crippen molar-refractivity contribution in [2.24, 2.45) is 0 Å². The smallest absolute Gasteiger partial charge is 0.454 e. The zero-order valence-corrected chi connectivity index (χ0v) is 26.0. The minimum Gasteiger partial charge on any atom is -0.454 e. The summed E-state index contributed by atoms with van der Waals surface area (Å²) in [6, 6.07) is 36.6. The molecule has 5 aromatic carbocycles. The largest absolute Gasteiger partial charge is 0.495 e. The lowest BCUT2D eigenvalue weighted by atomic mass is 9.76. The van der Waals surface area contributed by atoms with Gasteiger partial charge in [0.15, 0.2) is 5.58 Å². The Morgan fingerprint density at radius 2 is 1.46 bits per heavy atom. The van der Waals surface area contributed by atoms with Gasteiger partial charge in [0.05, 0.1) is 11.7 Å². The fraction of sp³-hybridized carbons (Fsp3) is 0.171. The third-order valence-electron chi connectivity index (χ3n) is 11.0. The number of rotatable bonds is 1. The number of hydrogen-bond donors (Lipinski definition) is 1. The molecule has 2 heterocycles. The van der Waals surface area contributed by atoms with Crippen LogP contribution in [0.2, 0.25) is 0 Å². The van der Waals surface area contributed by atoms with Crippen LogP contribution in [-0.4, -0.2) is 18.2 Å². The van der Waals surface area contributed by atoms with Gasteiger partial charge < -0.3 is 19.0 Å². The van der Waals surface area contributed by atoms with Crippen LogP contribution in [0.3, 0.4) is 0 Å². The summed E-state index contributed by atoms with van der Waals surface area (Å²) in [5.74, 6) is 0. The number of nitrogens with zero attached hydrogens (tertiary/aromatic N) is 1. The Kier molecular flexibility index (Phi) is 5.11. The first-order valence-corrected chi connectivity index (χ1v) is 16.2. The lowest BCUT2D eigenvalue weighted by Crippen LogP contribution is -2.42. The topological polar surface area (TPSA) is 45.8 Å². The molecule has 4 nitrogen and oxygen atoms in total. The Labute approximate surface area is 268 Å². The lowest BCUT2D eigenvalue weighted by Gasteiger charge is -2.37. The minimum atomic E-state index is -1.18. The molecule has 0 amide bonds. The molecule has 3 aliphatic carbocycles. The highest BCUT2D eigenvalue weighted by molar-refractivity contribution is 6.63. The fourth-order valence-corrected chi connectivity index (χ4v) is 8.81. The Balaban J connectivity index is 1.27. The van der Waals surface area contributed by atoms with Crippen LogP contribution >= 0.6 is 0 Å². The predicted molar refractivity (Wildman–Crippen MR) is 187 cm³/mol. The van der Waals surface area contributed by atoms with E-state index in [4.69, 9.17) is 9.07 Å². The molecule has 46 heavy (non-hydrogen) atoms. The summed E-state index contributed by atoms with van der Waals surface area (Å²) in [5, 5.41) is 13.8. The van der Waals surface area contributed by atoms with Crippen LogP contribution in [-0.2, 0) is 15.7 Å². The van der Waals surface area contributed by atoms with Gasteiger partial charge in [0.2, 0.25) is 0 Å². The summed E-state index contributed by atoms with van der Waals surface area (Å²) in [5.41, 5.74) is 13.1. The molecule has 0 saturated carbocycles. The van der Waals surface area contributed by atoms with E-state index in [0.29, 0.717) is 11.0 Å². The molecule has 5 heteroatoms. The molecule has 0 radical (unpaired) electrons. The van der Waals surface area contributed by atoms with Crippen molar-refractivity contribution in [3.63, 3.8) is 0 Å². The zero-order chi connectivity index (χ0) is 30.9. The van der Waals surface area contributed by atoms with E-state index in [2.05, 4.69) is 129 Å². The highest BCUT2D eigenvalue weighted by Crippen LogP contribution is 2.55. The second-order valence-corrected chi connectivity index (χ2v) is 13.8. The van der Waals surface area contributed by atoms with Gasteiger partial charge in [-0.05, 0) is 76.1 Å². The minimum absolute atomic E-state index is 0.0178. The molecule has 2 atom stereocenters. The summed E-state index contributed by atoms with van der Waals surface area (Å²) in [4.78, 5) is 2.46. The number of anilines is 2. The van der Waals surface area contributed by atoms with Crippen molar-refractivity contribution in [3.05, 3.63) is 143 Å². The molecule has 0 spiro atoms. The molecule has 222 valence electrons. The van der Waals surface area contributed by atoms with Crippen LogP contribution in [0, 0.1) is 0 Å². The van der Waals surface area contributed by atoms with Crippen LogP contribution in [0.15, 0.2) is 125 Å². The van der Waals surface area contributed by atoms with Crippen LogP contribution < -0.4 is 10.4 Å². The van der Waals surface area contributed by atoms with Crippen molar-refractivity contribution in [2.45, 2.75) is 44.2 Å². The van der Waals surface area contributed by atoms with Crippen LogP contribution in [0.4, 0.5) is 11.4 Å². The molecule has 10 rings (SSSR count). The van der Waals surface area contributed by atoms with E-state index >= 15 is 0 Å². The zero-order valence-electron chi connectivity index (χ0n) is 26.0. The van der Waals surface area contributed by atoms with E-state index in [1.807, 2.05) is 12.1 Å². The van der Waals surface area contributed by atoms with Crippen molar-refractivity contribution in [3.8, 4) is 11.1 Å². The molecule has 1 aliphatic heterocycles. The third-order valence-corrected chi connectivity index (χ3v) is 11.0. The third kappa shape index (κ3) is 3.27. The van der Waals surface area contributed by atoms with Crippen LogP contribution in [0.5, 0.6) is 0 Å². The van der Waals surface area contributed by atoms with Crippen molar-refractivity contribution in [2.75, 3.05) is 4.90 Å². The average molecular weight is 598 g/mol. The first kappa shape index (κ1) is 26.4. The number of para-hydroxylation sites is 2. The normalized spacial score (nSPS) is 22.0. The monoisotopic (exact) mass is 597 g/mol. The fourth-order valence-electron chi connectivity index (χ4n) is 8.81. The second kappa shape index (κ2) is 8.91. The Morgan fingerprint density at radius 3 is 2.30 bits per heavy atom. The number of benzene rings is 5. The van der Waals surface area contributed by atoms with E-state index < -0.39 is 12.7 Å². The molecule has 1 N–H and O–H groups in total. The number of furan rings is 1. The van der Waals surface area contributed by atoms with Gasteiger partial charge in [0.25, 0.3) is 0 Å². The molecule has 4 bridgehead atoms. The lowest BCUT2D eigenvalue weighted by molar-refractivity contribution is 0.112. The van der Waals surface area contributed by atoms with Crippen LogP contribution in [0.25, 0.3) is 38.6 Å². The van der Waals surface area contributed by atoms with E-state index in [1.54, 1.807) is 0 Å². The van der Waals surface area contributed by atoms with Gasteiger partial charge in [0, 0.05) is 27.3 Å². The van der Waals surface area contributed by atoms with Crippen LogP contribution in [0.1, 0.15) is 49.4 Å². The van der Waals surface area contributed by atoms with E-state index in [9.17, 15) is 5.02 Å². The maximum Gasteiger partial charge on any atom is 0.495 e. The van der Waals surface area contributed by atoms with Gasteiger partial charge in [-0.1, -0.05) is 111 Å². The Hall–Kier alpha value is -4.84. The van der Waals surface area contributed by atoms with Gasteiger partial charge in [-0.3, -0.25) is 0 Å². The van der Waals surface area contributed by atoms with Gasteiger partial charge in [0.1, 0.15) is 11.2 Å². The first-order valence-electron chi connectivity index (χ1n) is 16.2. The summed E-state index contributed by atoms with van der Waals surface area (Å²) >= 11 is 0. The first-order chi connectivity index (χ1) is 22.3. The quantitative estimate of drug-likeness (QED) is 0.193. The maximum absolute atomic E-state index is 11.8.